The lowest BCUT2D eigenvalue weighted by Gasteiger charge is -2.11. The van der Waals surface area contributed by atoms with Crippen LogP contribution in [0.1, 0.15) is 0 Å². The first-order chi connectivity index (χ1) is 21.8. The molecule has 0 saturated heterocycles. The van der Waals surface area contributed by atoms with Crippen molar-refractivity contribution in [3.63, 3.8) is 0 Å². The third kappa shape index (κ3) is 3.31. The van der Waals surface area contributed by atoms with E-state index in [2.05, 4.69) is 109 Å². The van der Waals surface area contributed by atoms with Crippen LogP contribution in [0, 0.1) is 0 Å². The van der Waals surface area contributed by atoms with E-state index in [4.69, 9.17) is 14.4 Å². The zero-order valence-corrected chi connectivity index (χ0v) is 24.2. The Kier molecular flexibility index (Phi) is 4.87. The molecule has 10 rings (SSSR count). The zero-order valence-electron chi connectivity index (χ0n) is 23.4. The maximum atomic E-state index is 6.47. The predicted octanol–water partition coefficient (Wildman–Crippen LogP) is 11.5. The van der Waals surface area contributed by atoms with Crippen molar-refractivity contribution in [3.8, 4) is 33.8 Å². The van der Waals surface area contributed by atoms with Crippen LogP contribution >= 0.6 is 11.3 Å². The molecular formula is C40H22N2OS. The van der Waals surface area contributed by atoms with Crippen molar-refractivity contribution < 1.29 is 4.42 Å². The fourth-order valence-electron chi connectivity index (χ4n) is 6.88. The molecule has 204 valence electrons. The van der Waals surface area contributed by atoms with Gasteiger partial charge in [-0.2, -0.15) is 0 Å². The predicted molar refractivity (Wildman–Crippen MR) is 185 cm³/mol. The molecule has 0 amide bonds. The van der Waals surface area contributed by atoms with Crippen molar-refractivity contribution in [1.29, 1.82) is 0 Å². The van der Waals surface area contributed by atoms with Crippen LogP contribution in [0.5, 0.6) is 0 Å². The Balaban J connectivity index is 1.30. The molecular weight excluding hydrogens is 557 g/mol. The number of hydrogen-bond donors (Lipinski definition) is 0. The highest BCUT2D eigenvalue weighted by molar-refractivity contribution is 7.26. The molecule has 0 bridgehead atoms. The van der Waals surface area contributed by atoms with E-state index in [9.17, 15) is 0 Å². The SMILES string of the molecule is c1ccc(-c2cccc(-c3nc(-c4ccc5c6ccccc6c6cccc7sc4c5c76)nc4c3oc3ccccc34)c2)cc1. The molecule has 0 atom stereocenters. The Labute approximate surface area is 256 Å². The Bertz CT molecular complexity index is 2720. The highest BCUT2D eigenvalue weighted by atomic mass is 32.1. The van der Waals surface area contributed by atoms with Crippen molar-refractivity contribution in [2.24, 2.45) is 0 Å². The average molecular weight is 579 g/mol. The number of benzene rings is 7. The van der Waals surface area contributed by atoms with E-state index in [1.54, 1.807) is 0 Å². The van der Waals surface area contributed by atoms with Gasteiger partial charge >= 0.3 is 0 Å². The van der Waals surface area contributed by atoms with Crippen LogP contribution in [0.15, 0.2) is 138 Å². The Hall–Kier alpha value is -5.58. The molecule has 4 heteroatoms. The minimum absolute atomic E-state index is 0.710. The first kappa shape index (κ1) is 23.9. The molecule has 10 aromatic rings. The molecule has 3 nitrogen and oxygen atoms in total. The molecule has 44 heavy (non-hydrogen) atoms. The average Bonchev–Trinajstić information content (AvgIpc) is 3.67. The summed E-state index contributed by atoms with van der Waals surface area (Å²) in [7, 11) is 0. The summed E-state index contributed by atoms with van der Waals surface area (Å²) in [5.74, 6) is 0.711. The van der Waals surface area contributed by atoms with E-state index in [1.165, 1.54) is 41.7 Å². The summed E-state index contributed by atoms with van der Waals surface area (Å²) in [6, 6.07) is 47.0. The van der Waals surface area contributed by atoms with E-state index < -0.39 is 0 Å². The van der Waals surface area contributed by atoms with Gasteiger partial charge in [-0.3, -0.25) is 0 Å². The number of aromatic nitrogens is 2. The third-order valence-electron chi connectivity index (χ3n) is 8.86. The van der Waals surface area contributed by atoms with Gasteiger partial charge in [0.1, 0.15) is 16.8 Å². The monoisotopic (exact) mass is 578 g/mol. The minimum atomic E-state index is 0.710. The van der Waals surface area contributed by atoms with Crippen molar-refractivity contribution in [2.45, 2.75) is 0 Å². The minimum Gasteiger partial charge on any atom is -0.452 e. The van der Waals surface area contributed by atoms with Gasteiger partial charge in [-0.05, 0) is 63.0 Å². The van der Waals surface area contributed by atoms with Gasteiger partial charge in [0, 0.05) is 36.7 Å². The molecule has 0 saturated carbocycles. The van der Waals surface area contributed by atoms with Crippen LogP contribution < -0.4 is 0 Å². The van der Waals surface area contributed by atoms with Gasteiger partial charge in [-0.15, -0.1) is 11.3 Å². The number of hydrogen-bond acceptors (Lipinski definition) is 4. The Morgan fingerprint density at radius 3 is 2.05 bits per heavy atom. The highest BCUT2D eigenvalue weighted by Gasteiger charge is 2.22. The van der Waals surface area contributed by atoms with Crippen LogP contribution in [0.25, 0.3) is 97.6 Å². The zero-order chi connectivity index (χ0) is 28.8. The smallest absolute Gasteiger partial charge is 0.180 e. The molecule has 0 aliphatic carbocycles. The number of fused-ring (bicyclic) bond motifs is 6. The number of furan rings is 1. The van der Waals surface area contributed by atoms with E-state index in [1.807, 2.05) is 35.6 Å². The van der Waals surface area contributed by atoms with Gasteiger partial charge in [0.15, 0.2) is 11.4 Å². The summed E-state index contributed by atoms with van der Waals surface area (Å²) in [6.07, 6.45) is 0. The van der Waals surface area contributed by atoms with Gasteiger partial charge in [0.25, 0.3) is 0 Å². The summed E-state index contributed by atoms with van der Waals surface area (Å²) < 4.78 is 8.97. The van der Waals surface area contributed by atoms with Gasteiger partial charge in [-0.1, -0.05) is 103 Å². The lowest BCUT2D eigenvalue weighted by atomic mass is 9.93. The summed E-state index contributed by atoms with van der Waals surface area (Å²) in [5.41, 5.74) is 7.50. The number of nitrogens with zero attached hydrogens (tertiary/aromatic N) is 2. The highest BCUT2D eigenvalue weighted by Crippen LogP contribution is 2.48. The van der Waals surface area contributed by atoms with E-state index in [-0.39, 0.29) is 0 Å². The fourth-order valence-corrected chi connectivity index (χ4v) is 8.15. The van der Waals surface area contributed by atoms with Crippen LogP contribution in [0.2, 0.25) is 0 Å². The lowest BCUT2D eigenvalue weighted by Crippen LogP contribution is -1.95. The molecule has 0 aliphatic heterocycles. The first-order valence-electron chi connectivity index (χ1n) is 14.8. The van der Waals surface area contributed by atoms with Crippen LogP contribution in [0.4, 0.5) is 0 Å². The third-order valence-corrected chi connectivity index (χ3v) is 10.0. The maximum Gasteiger partial charge on any atom is 0.180 e. The van der Waals surface area contributed by atoms with Gasteiger partial charge in [-0.25, -0.2) is 9.97 Å². The molecule has 0 spiro atoms. The molecule has 0 unspecified atom stereocenters. The van der Waals surface area contributed by atoms with Crippen molar-refractivity contribution in [2.75, 3.05) is 0 Å². The van der Waals surface area contributed by atoms with Gasteiger partial charge < -0.3 is 4.42 Å². The molecule has 0 N–H and O–H groups in total. The van der Waals surface area contributed by atoms with Crippen molar-refractivity contribution in [3.05, 3.63) is 133 Å². The van der Waals surface area contributed by atoms with Crippen molar-refractivity contribution in [1.82, 2.24) is 9.97 Å². The van der Waals surface area contributed by atoms with Crippen molar-refractivity contribution >= 4 is 75.1 Å². The molecule has 0 aliphatic rings. The standard InChI is InChI=1S/C40H22N2OS/c1-2-10-23(11-3-1)24-12-8-13-25(22-24)36-38-37(30-16-6-7-18-32(30)43-38)42-40(41-36)31-21-20-29-27-15-5-4-14-26(27)28-17-9-19-33-34(28)35(29)39(31)44-33/h1-22H. The molecule has 3 heterocycles. The first-order valence-corrected chi connectivity index (χ1v) is 15.6. The largest absolute Gasteiger partial charge is 0.452 e. The van der Waals surface area contributed by atoms with E-state index in [0.29, 0.717) is 11.4 Å². The number of para-hydroxylation sites is 1. The quantitative estimate of drug-likeness (QED) is 0.196. The summed E-state index contributed by atoms with van der Waals surface area (Å²) >= 11 is 1.83. The summed E-state index contributed by atoms with van der Waals surface area (Å²) in [4.78, 5) is 10.5. The second-order valence-electron chi connectivity index (χ2n) is 11.3. The van der Waals surface area contributed by atoms with E-state index >= 15 is 0 Å². The van der Waals surface area contributed by atoms with Crippen LogP contribution in [-0.4, -0.2) is 9.97 Å². The Morgan fingerprint density at radius 2 is 1.18 bits per heavy atom. The second-order valence-corrected chi connectivity index (χ2v) is 12.4. The lowest BCUT2D eigenvalue weighted by molar-refractivity contribution is 0.667. The number of thiophene rings is 1. The molecule has 0 radical (unpaired) electrons. The molecule has 3 aromatic heterocycles. The normalized spacial score (nSPS) is 12.1. The topological polar surface area (TPSA) is 38.9 Å². The van der Waals surface area contributed by atoms with Crippen LogP contribution in [-0.2, 0) is 0 Å². The maximum absolute atomic E-state index is 6.47. The molecule has 0 fully saturated rings. The summed E-state index contributed by atoms with van der Waals surface area (Å²) in [6.45, 7) is 0. The molecule has 7 aromatic carbocycles. The number of rotatable bonds is 3. The summed E-state index contributed by atoms with van der Waals surface area (Å²) in [5, 5.41) is 8.76. The second kappa shape index (κ2) is 8.96. The fraction of sp³-hybridized carbons (Fsp3) is 0. The van der Waals surface area contributed by atoms with Crippen LogP contribution in [0.3, 0.4) is 0 Å². The van der Waals surface area contributed by atoms with Gasteiger partial charge in [0.05, 0.1) is 0 Å². The van der Waals surface area contributed by atoms with Gasteiger partial charge in [0.2, 0.25) is 0 Å². The van der Waals surface area contributed by atoms with E-state index in [0.717, 1.165) is 44.4 Å². The Morgan fingerprint density at radius 1 is 0.500 bits per heavy atom.